The average Bonchev–Trinajstić information content (AvgIpc) is 2.85. The highest BCUT2D eigenvalue weighted by molar-refractivity contribution is 6.25. The van der Waals surface area contributed by atoms with Crippen LogP contribution in [0, 0.1) is 0 Å². The van der Waals surface area contributed by atoms with Gasteiger partial charge in [0.25, 0.3) is 0 Å². The molecule has 41 heavy (non-hydrogen) atoms. The quantitative estimate of drug-likeness (QED) is 0.0991. The average molecular weight is 581 g/mol. The van der Waals surface area contributed by atoms with Gasteiger partial charge in [0.1, 0.15) is 0 Å². The van der Waals surface area contributed by atoms with Crippen LogP contribution in [0.3, 0.4) is 0 Å². The predicted octanol–water partition coefficient (Wildman–Crippen LogP) is 14.3. The molecule has 0 spiro atoms. The Labute approximate surface area is 262 Å². The van der Waals surface area contributed by atoms with Gasteiger partial charge >= 0.3 is 0 Å². The van der Waals surface area contributed by atoms with Crippen LogP contribution in [0.2, 0.25) is 0 Å². The number of hydrogen-bond donors (Lipinski definition) is 0. The number of allylic oxidation sites excluding steroid dienone is 16. The van der Waals surface area contributed by atoms with Gasteiger partial charge in [-0.15, -0.1) is 11.6 Å². The fourth-order valence-corrected chi connectivity index (χ4v) is 5.01. The molecule has 0 bridgehead atoms. The summed E-state index contributed by atoms with van der Waals surface area (Å²) in [7, 11) is 0. The van der Waals surface area contributed by atoms with E-state index in [2.05, 4.69) is 125 Å². The minimum atomic E-state index is -0.371. The third-order valence-corrected chi connectivity index (χ3v) is 7.84. The van der Waals surface area contributed by atoms with Gasteiger partial charge < -0.3 is 0 Å². The van der Waals surface area contributed by atoms with E-state index in [0.717, 1.165) is 77.0 Å². The van der Waals surface area contributed by atoms with Gasteiger partial charge in [0.05, 0.1) is 4.87 Å². The molecule has 0 radical (unpaired) electrons. The van der Waals surface area contributed by atoms with Gasteiger partial charge in [0.15, 0.2) is 0 Å². The summed E-state index contributed by atoms with van der Waals surface area (Å²) in [6.45, 7) is 24.4. The van der Waals surface area contributed by atoms with Gasteiger partial charge in [0, 0.05) is 0 Å². The molecule has 0 heterocycles. The third-order valence-electron chi connectivity index (χ3n) is 7.42. The Hall–Kier alpha value is -1.79. The van der Waals surface area contributed by atoms with Crippen LogP contribution in [0.4, 0.5) is 0 Å². The van der Waals surface area contributed by atoms with Gasteiger partial charge in [-0.1, -0.05) is 93.2 Å². The van der Waals surface area contributed by atoms with Crippen molar-refractivity contribution in [2.24, 2.45) is 0 Å². The second-order valence-electron chi connectivity index (χ2n) is 13.2. The van der Waals surface area contributed by atoms with Gasteiger partial charge in [-0.3, -0.25) is 0 Å². The zero-order valence-electron chi connectivity index (χ0n) is 29.0. The topological polar surface area (TPSA) is 0 Å². The molecule has 0 rings (SSSR count). The summed E-state index contributed by atoms with van der Waals surface area (Å²) in [4.78, 5) is -0.371. The highest BCUT2D eigenvalue weighted by atomic mass is 35.5. The van der Waals surface area contributed by atoms with Crippen LogP contribution >= 0.6 is 11.6 Å². The van der Waals surface area contributed by atoms with Gasteiger partial charge in [-0.25, -0.2) is 0 Å². The molecule has 0 aliphatic heterocycles. The summed E-state index contributed by atoms with van der Waals surface area (Å²) in [5.41, 5.74) is 11.5. The third kappa shape index (κ3) is 24.5. The van der Waals surface area contributed by atoms with E-state index in [1.165, 1.54) is 44.6 Å². The Kier molecular flexibility index (Phi) is 21.8. The van der Waals surface area contributed by atoms with Crippen LogP contribution in [-0.2, 0) is 0 Å². The Bertz CT molecular complexity index is 927. The molecule has 0 saturated heterocycles. The van der Waals surface area contributed by atoms with Crippen molar-refractivity contribution < 1.29 is 0 Å². The maximum absolute atomic E-state index is 7.38. The van der Waals surface area contributed by atoms with E-state index in [1.807, 2.05) is 0 Å². The number of rotatable bonds is 20. The molecule has 0 aliphatic rings. The van der Waals surface area contributed by atoms with Crippen molar-refractivity contribution in [3.05, 3.63) is 93.2 Å². The molecule has 1 heteroatoms. The first-order valence-corrected chi connectivity index (χ1v) is 16.5. The lowest BCUT2D eigenvalue weighted by atomic mass is 9.92. The summed E-state index contributed by atoms with van der Waals surface area (Å²) in [5.74, 6) is 0. The molecular weight excluding hydrogens is 516 g/mol. The highest BCUT2D eigenvalue weighted by Crippen LogP contribution is 2.32. The molecule has 0 N–H and O–H groups in total. The standard InChI is InChI=1S/C40H65Cl/c1-32(2)17-12-20-35(7)22-15-24-37(9)27-29-40(41,31-39(11)26-14-19-34(5)6)30-28-38(10)25-16-23-36(8)21-13-18-33(3)4/h17-19,22-23,27-28,31H,12-16,20-21,24-26,29-30H2,1-11H3/b35-22?,36-23?,37-27?,38-28?,39-31+. The molecule has 0 aromatic carbocycles. The summed E-state index contributed by atoms with van der Waals surface area (Å²) >= 11 is 7.38. The van der Waals surface area contributed by atoms with Gasteiger partial charge in [0.2, 0.25) is 0 Å². The molecule has 0 fully saturated rings. The molecule has 0 aliphatic carbocycles. The zero-order chi connectivity index (χ0) is 31.3. The lowest BCUT2D eigenvalue weighted by Gasteiger charge is -2.23. The van der Waals surface area contributed by atoms with E-state index in [-0.39, 0.29) is 4.87 Å². The van der Waals surface area contributed by atoms with Crippen molar-refractivity contribution in [2.45, 2.75) is 158 Å². The Morgan fingerprint density at radius 2 is 0.659 bits per heavy atom. The molecule has 0 nitrogen and oxygen atoms in total. The second kappa shape index (κ2) is 22.8. The van der Waals surface area contributed by atoms with Crippen molar-refractivity contribution in [1.29, 1.82) is 0 Å². The van der Waals surface area contributed by atoms with Gasteiger partial charge in [-0.2, -0.15) is 0 Å². The number of hydrogen-bond acceptors (Lipinski definition) is 0. The van der Waals surface area contributed by atoms with Crippen LogP contribution < -0.4 is 0 Å². The lowest BCUT2D eigenvalue weighted by molar-refractivity contribution is 0.698. The molecule has 0 aromatic heterocycles. The summed E-state index contributed by atoms with van der Waals surface area (Å²) < 4.78 is 0. The first-order chi connectivity index (χ1) is 19.2. The highest BCUT2D eigenvalue weighted by Gasteiger charge is 2.22. The summed E-state index contributed by atoms with van der Waals surface area (Å²) in [6, 6.07) is 0. The van der Waals surface area contributed by atoms with Crippen LogP contribution in [-0.4, -0.2) is 4.87 Å². The lowest BCUT2D eigenvalue weighted by Crippen LogP contribution is -2.17. The maximum Gasteiger partial charge on any atom is 0.0697 e. The van der Waals surface area contributed by atoms with E-state index < -0.39 is 0 Å². The van der Waals surface area contributed by atoms with Gasteiger partial charge in [-0.05, 0) is 153 Å². The minimum absolute atomic E-state index is 0.371. The minimum Gasteiger partial charge on any atom is -0.114 e. The van der Waals surface area contributed by atoms with E-state index in [9.17, 15) is 0 Å². The van der Waals surface area contributed by atoms with Crippen molar-refractivity contribution in [1.82, 2.24) is 0 Å². The Balaban J connectivity index is 5.32. The van der Waals surface area contributed by atoms with Crippen LogP contribution in [0.25, 0.3) is 0 Å². The summed E-state index contributed by atoms with van der Waals surface area (Å²) in [5, 5.41) is 0. The first-order valence-electron chi connectivity index (χ1n) is 16.1. The van der Waals surface area contributed by atoms with E-state index in [1.54, 1.807) is 0 Å². The van der Waals surface area contributed by atoms with Crippen molar-refractivity contribution in [3.63, 3.8) is 0 Å². The number of halogens is 1. The van der Waals surface area contributed by atoms with E-state index in [0.29, 0.717) is 0 Å². The largest absolute Gasteiger partial charge is 0.114 e. The van der Waals surface area contributed by atoms with Crippen LogP contribution in [0.1, 0.15) is 153 Å². The fraction of sp³-hybridized carbons (Fsp3) is 0.600. The van der Waals surface area contributed by atoms with Crippen molar-refractivity contribution in [2.75, 3.05) is 0 Å². The molecule has 232 valence electrons. The smallest absolute Gasteiger partial charge is 0.0697 e. The molecule has 0 saturated carbocycles. The number of alkyl halides is 1. The predicted molar refractivity (Wildman–Crippen MR) is 191 cm³/mol. The first kappa shape index (κ1) is 39.2. The SMILES string of the molecule is CC(C)=CCCC(C)=CCCC(C)=CCC(Cl)(/C=C(\C)CCC=C(C)C)CC=C(C)CCC=C(C)CCC=C(C)C. The van der Waals surface area contributed by atoms with Crippen LogP contribution in [0.5, 0.6) is 0 Å². The van der Waals surface area contributed by atoms with E-state index in [4.69, 9.17) is 11.6 Å². The van der Waals surface area contributed by atoms with Crippen molar-refractivity contribution >= 4 is 11.6 Å². The molecule has 0 unspecified atom stereocenters. The normalized spacial score (nSPS) is 15.0. The van der Waals surface area contributed by atoms with E-state index >= 15 is 0 Å². The van der Waals surface area contributed by atoms with Crippen LogP contribution in [0.15, 0.2) is 93.2 Å². The zero-order valence-corrected chi connectivity index (χ0v) is 29.7. The maximum atomic E-state index is 7.38. The summed E-state index contributed by atoms with van der Waals surface area (Å²) in [6.07, 6.45) is 31.9. The second-order valence-corrected chi connectivity index (χ2v) is 13.9. The monoisotopic (exact) mass is 580 g/mol. The Morgan fingerprint density at radius 3 is 0.976 bits per heavy atom. The van der Waals surface area contributed by atoms with Crippen molar-refractivity contribution in [3.8, 4) is 0 Å². The molecular formula is C40H65Cl. The Morgan fingerprint density at radius 1 is 0.390 bits per heavy atom. The molecule has 0 aromatic rings. The molecule has 0 atom stereocenters. The fourth-order valence-electron chi connectivity index (χ4n) is 4.67. The molecule has 0 amide bonds.